The molecule has 0 unspecified atom stereocenters. The highest BCUT2D eigenvalue weighted by Crippen LogP contribution is 2.25. The summed E-state index contributed by atoms with van der Waals surface area (Å²) in [5, 5.41) is 6.31. The fourth-order valence-electron chi connectivity index (χ4n) is 3.54. The minimum absolute atomic E-state index is 0.135. The Morgan fingerprint density at radius 2 is 2.00 bits per heavy atom. The molecular weight excluding hydrogens is 382 g/mol. The Labute approximate surface area is 178 Å². The zero-order valence-electron chi connectivity index (χ0n) is 17.8. The molecule has 158 valence electrons. The van der Waals surface area contributed by atoms with Crippen molar-refractivity contribution >= 4 is 17.2 Å². The summed E-state index contributed by atoms with van der Waals surface area (Å²) >= 11 is 1.71. The van der Waals surface area contributed by atoms with E-state index in [2.05, 4.69) is 46.8 Å². The standard InChI is InChI=1S/C23H33N3O2S/c1-17(2)28-14-4-11-24-22(27)19-9-12-26(13-10-19)15-21-16-29-23(25-21)20-7-5-18(3)6-8-20/h5-8,16-17,19H,4,9-15H2,1-3H3,(H,24,27). The Balaban J connectivity index is 1.39. The van der Waals surface area contributed by atoms with E-state index in [1.807, 2.05) is 13.8 Å². The van der Waals surface area contributed by atoms with Crippen LogP contribution in [0, 0.1) is 12.8 Å². The number of rotatable bonds is 9. The summed E-state index contributed by atoms with van der Waals surface area (Å²) in [7, 11) is 0. The molecule has 0 radical (unpaired) electrons. The zero-order chi connectivity index (χ0) is 20.6. The van der Waals surface area contributed by atoms with Gasteiger partial charge in [0.05, 0.1) is 11.8 Å². The van der Waals surface area contributed by atoms with Gasteiger partial charge in [0.15, 0.2) is 0 Å². The molecule has 1 aromatic heterocycles. The number of ether oxygens (including phenoxy) is 1. The summed E-state index contributed by atoms with van der Waals surface area (Å²) in [6, 6.07) is 8.53. The van der Waals surface area contributed by atoms with E-state index in [9.17, 15) is 4.79 Å². The summed E-state index contributed by atoms with van der Waals surface area (Å²) in [4.78, 5) is 19.6. The molecule has 0 saturated carbocycles. The second kappa shape index (κ2) is 10.9. The van der Waals surface area contributed by atoms with Gasteiger partial charge in [0.25, 0.3) is 0 Å². The molecule has 1 aliphatic heterocycles. The van der Waals surface area contributed by atoms with Gasteiger partial charge in [-0.25, -0.2) is 4.98 Å². The Morgan fingerprint density at radius 3 is 2.69 bits per heavy atom. The highest BCUT2D eigenvalue weighted by atomic mass is 32.1. The van der Waals surface area contributed by atoms with Crippen LogP contribution in [0.1, 0.15) is 44.4 Å². The number of carbonyl (C=O) groups is 1. The first kappa shape index (κ1) is 21.9. The van der Waals surface area contributed by atoms with E-state index in [1.54, 1.807) is 11.3 Å². The fourth-order valence-corrected chi connectivity index (χ4v) is 4.35. The summed E-state index contributed by atoms with van der Waals surface area (Å²) in [5.41, 5.74) is 3.57. The van der Waals surface area contributed by atoms with Crippen molar-refractivity contribution in [3.63, 3.8) is 0 Å². The quantitative estimate of drug-likeness (QED) is 0.622. The zero-order valence-corrected chi connectivity index (χ0v) is 18.6. The molecule has 0 aliphatic carbocycles. The van der Waals surface area contributed by atoms with Crippen LogP contribution >= 0.6 is 11.3 Å². The number of piperidine rings is 1. The minimum atomic E-state index is 0.135. The van der Waals surface area contributed by atoms with Crippen molar-refractivity contribution in [2.75, 3.05) is 26.2 Å². The topological polar surface area (TPSA) is 54.5 Å². The molecule has 3 rings (SSSR count). The smallest absolute Gasteiger partial charge is 0.223 e. The SMILES string of the molecule is Cc1ccc(-c2nc(CN3CCC(C(=O)NCCCOC(C)C)CC3)cs2)cc1. The second-order valence-corrected chi connectivity index (χ2v) is 8.98. The van der Waals surface area contributed by atoms with Crippen LogP contribution in [0.3, 0.4) is 0 Å². The largest absolute Gasteiger partial charge is 0.379 e. The number of amides is 1. The summed E-state index contributed by atoms with van der Waals surface area (Å²) in [6.45, 7) is 10.3. The van der Waals surface area contributed by atoms with E-state index in [-0.39, 0.29) is 17.9 Å². The lowest BCUT2D eigenvalue weighted by atomic mass is 9.96. The van der Waals surface area contributed by atoms with E-state index in [0.717, 1.165) is 49.6 Å². The minimum Gasteiger partial charge on any atom is -0.379 e. The molecule has 2 heterocycles. The van der Waals surface area contributed by atoms with Crippen molar-refractivity contribution in [2.45, 2.75) is 52.7 Å². The highest BCUT2D eigenvalue weighted by molar-refractivity contribution is 7.13. The van der Waals surface area contributed by atoms with Crippen molar-refractivity contribution in [1.29, 1.82) is 0 Å². The monoisotopic (exact) mass is 415 g/mol. The first-order chi connectivity index (χ1) is 14.0. The molecule has 1 fully saturated rings. The number of carbonyl (C=O) groups excluding carboxylic acids is 1. The van der Waals surface area contributed by atoms with Crippen LogP contribution in [0.2, 0.25) is 0 Å². The van der Waals surface area contributed by atoms with Crippen molar-refractivity contribution < 1.29 is 9.53 Å². The van der Waals surface area contributed by atoms with Crippen molar-refractivity contribution in [1.82, 2.24) is 15.2 Å². The predicted octanol–water partition coefficient (Wildman–Crippen LogP) is 4.26. The molecule has 0 atom stereocenters. The molecule has 1 saturated heterocycles. The van der Waals surface area contributed by atoms with Crippen LogP contribution in [-0.2, 0) is 16.1 Å². The molecule has 29 heavy (non-hydrogen) atoms. The lowest BCUT2D eigenvalue weighted by molar-refractivity contribution is -0.126. The van der Waals surface area contributed by atoms with Crippen molar-refractivity contribution in [3.8, 4) is 10.6 Å². The van der Waals surface area contributed by atoms with E-state index in [0.29, 0.717) is 13.2 Å². The highest BCUT2D eigenvalue weighted by Gasteiger charge is 2.25. The van der Waals surface area contributed by atoms with E-state index >= 15 is 0 Å². The number of thiazole rings is 1. The molecule has 1 N–H and O–H groups in total. The Kier molecular flexibility index (Phi) is 8.21. The number of hydrogen-bond donors (Lipinski definition) is 1. The Bertz CT molecular complexity index is 765. The van der Waals surface area contributed by atoms with Gasteiger partial charge in [-0.1, -0.05) is 29.8 Å². The van der Waals surface area contributed by atoms with Crippen LogP contribution in [0.25, 0.3) is 10.6 Å². The van der Waals surface area contributed by atoms with Gasteiger partial charge in [-0.3, -0.25) is 9.69 Å². The molecule has 6 heteroatoms. The maximum Gasteiger partial charge on any atom is 0.223 e. The lowest BCUT2D eigenvalue weighted by Crippen LogP contribution is -2.40. The van der Waals surface area contributed by atoms with Gasteiger partial charge >= 0.3 is 0 Å². The summed E-state index contributed by atoms with van der Waals surface area (Å²) in [6.07, 6.45) is 2.96. The van der Waals surface area contributed by atoms with Gasteiger partial charge in [0, 0.05) is 36.6 Å². The third-order valence-corrected chi connectivity index (χ3v) is 6.21. The second-order valence-electron chi connectivity index (χ2n) is 8.12. The van der Waals surface area contributed by atoms with E-state index in [4.69, 9.17) is 9.72 Å². The Morgan fingerprint density at radius 1 is 1.28 bits per heavy atom. The first-order valence-corrected chi connectivity index (χ1v) is 11.5. The number of benzene rings is 1. The molecule has 1 aromatic carbocycles. The number of likely N-dealkylation sites (tertiary alicyclic amines) is 1. The first-order valence-electron chi connectivity index (χ1n) is 10.6. The van der Waals surface area contributed by atoms with Crippen molar-refractivity contribution in [2.24, 2.45) is 5.92 Å². The van der Waals surface area contributed by atoms with Crippen LogP contribution < -0.4 is 5.32 Å². The van der Waals surface area contributed by atoms with Gasteiger partial charge in [-0.2, -0.15) is 0 Å². The maximum atomic E-state index is 12.4. The van der Waals surface area contributed by atoms with Gasteiger partial charge < -0.3 is 10.1 Å². The third-order valence-electron chi connectivity index (χ3n) is 5.27. The molecule has 0 bridgehead atoms. The van der Waals surface area contributed by atoms with Crippen LogP contribution in [-0.4, -0.2) is 48.1 Å². The van der Waals surface area contributed by atoms with Crippen LogP contribution in [0.4, 0.5) is 0 Å². The van der Waals surface area contributed by atoms with Crippen molar-refractivity contribution in [3.05, 3.63) is 40.9 Å². The average molecular weight is 416 g/mol. The normalized spacial score (nSPS) is 15.7. The molecule has 1 amide bonds. The fraction of sp³-hybridized carbons (Fsp3) is 0.565. The van der Waals surface area contributed by atoms with E-state index in [1.165, 1.54) is 11.1 Å². The summed E-state index contributed by atoms with van der Waals surface area (Å²) in [5.74, 6) is 0.334. The Hall–Kier alpha value is -1.76. The van der Waals surface area contributed by atoms with Gasteiger partial charge in [0.2, 0.25) is 5.91 Å². The summed E-state index contributed by atoms with van der Waals surface area (Å²) < 4.78 is 5.51. The lowest BCUT2D eigenvalue weighted by Gasteiger charge is -2.30. The van der Waals surface area contributed by atoms with Crippen LogP contribution in [0.5, 0.6) is 0 Å². The number of aryl methyl sites for hydroxylation is 1. The molecular formula is C23H33N3O2S. The van der Waals surface area contributed by atoms with Gasteiger partial charge in [-0.15, -0.1) is 11.3 Å². The number of nitrogens with one attached hydrogen (secondary N) is 1. The maximum absolute atomic E-state index is 12.4. The molecule has 5 nitrogen and oxygen atoms in total. The van der Waals surface area contributed by atoms with E-state index < -0.39 is 0 Å². The number of hydrogen-bond acceptors (Lipinski definition) is 5. The number of aromatic nitrogens is 1. The average Bonchev–Trinajstić information content (AvgIpc) is 3.17. The van der Waals surface area contributed by atoms with Gasteiger partial charge in [0.1, 0.15) is 5.01 Å². The molecule has 0 spiro atoms. The number of nitrogens with zero attached hydrogens (tertiary/aromatic N) is 2. The van der Waals surface area contributed by atoms with Crippen LogP contribution in [0.15, 0.2) is 29.6 Å². The molecule has 2 aromatic rings. The molecule has 1 aliphatic rings. The van der Waals surface area contributed by atoms with Gasteiger partial charge in [-0.05, 0) is 53.1 Å². The predicted molar refractivity (Wildman–Crippen MR) is 119 cm³/mol. The third kappa shape index (κ3) is 6.91.